The van der Waals surface area contributed by atoms with Crippen LogP contribution in [-0.2, 0) is 33.3 Å². The lowest BCUT2D eigenvalue weighted by atomic mass is 10.4. The van der Waals surface area contributed by atoms with E-state index in [-0.39, 0.29) is 19.0 Å². The molecule has 0 unspecified atom stereocenters. The minimum atomic E-state index is -0.418. The summed E-state index contributed by atoms with van der Waals surface area (Å²) in [6, 6.07) is 0. The smallest absolute Gasteiger partial charge is 0.333 e. The van der Waals surface area contributed by atoms with Crippen molar-refractivity contribution in [2.75, 3.05) is 53.4 Å². The molecule has 7 nitrogen and oxygen atoms in total. The third kappa shape index (κ3) is 13.3. The Bertz CT molecular complexity index is 314. The van der Waals surface area contributed by atoms with Crippen LogP contribution in [-0.4, -0.2) is 65.3 Å². The fraction of sp³-hybridized carbons (Fsp3) is 0.714. The van der Waals surface area contributed by atoms with Gasteiger partial charge in [0.15, 0.2) is 0 Å². The predicted molar refractivity (Wildman–Crippen MR) is 74.9 cm³/mol. The van der Waals surface area contributed by atoms with Gasteiger partial charge in [-0.15, -0.1) is 0 Å². The van der Waals surface area contributed by atoms with E-state index in [2.05, 4.69) is 11.3 Å². The monoisotopic (exact) mass is 304 g/mol. The largest absolute Gasteiger partial charge is 0.469 e. The Morgan fingerprint density at radius 3 is 1.81 bits per heavy atom. The third-order valence-corrected chi connectivity index (χ3v) is 2.23. The Hall–Kier alpha value is -1.44. The van der Waals surface area contributed by atoms with Crippen LogP contribution in [0.5, 0.6) is 0 Å². The van der Waals surface area contributed by atoms with E-state index in [4.69, 9.17) is 18.9 Å². The normalized spacial score (nSPS) is 10.2. The van der Waals surface area contributed by atoms with E-state index in [1.54, 1.807) is 6.92 Å². The highest BCUT2D eigenvalue weighted by Crippen LogP contribution is 1.91. The molecular formula is C14H24O7. The number of carbonyl (C=O) groups is 2. The van der Waals surface area contributed by atoms with Crippen molar-refractivity contribution in [2.24, 2.45) is 0 Å². The van der Waals surface area contributed by atoms with Gasteiger partial charge >= 0.3 is 11.9 Å². The minimum absolute atomic E-state index is 0.197. The standard InChI is InChI=1S/C14H24O7/c1-12(2)14(16)21-11-10-20-9-8-19-7-6-18-5-4-13(15)17-3/h1,4-11H2,2-3H3. The Morgan fingerprint density at radius 2 is 1.33 bits per heavy atom. The molecule has 0 amide bonds. The van der Waals surface area contributed by atoms with Crippen molar-refractivity contribution in [1.29, 1.82) is 0 Å². The summed E-state index contributed by atoms with van der Waals surface area (Å²) >= 11 is 0. The van der Waals surface area contributed by atoms with Crippen LogP contribution >= 0.6 is 0 Å². The summed E-state index contributed by atoms with van der Waals surface area (Å²) in [6.07, 6.45) is 0.239. The van der Waals surface area contributed by atoms with Gasteiger partial charge in [-0.1, -0.05) is 6.58 Å². The van der Waals surface area contributed by atoms with Crippen molar-refractivity contribution < 1.29 is 33.3 Å². The molecule has 0 saturated carbocycles. The molecule has 0 N–H and O–H groups in total. The first-order valence-corrected chi connectivity index (χ1v) is 6.70. The van der Waals surface area contributed by atoms with Crippen LogP contribution in [0.25, 0.3) is 0 Å². The van der Waals surface area contributed by atoms with Crippen LogP contribution in [0.1, 0.15) is 13.3 Å². The van der Waals surface area contributed by atoms with E-state index in [9.17, 15) is 9.59 Å². The van der Waals surface area contributed by atoms with Gasteiger partial charge in [0, 0.05) is 5.57 Å². The molecule has 0 saturated heterocycles. The number of carbonyl (C=O) groups excluding carboxylic acids is 2. The van der Waals surface area contributed by atoms with Gasteiger partial charge in [0.1, 0.15) is 6.61 Å². The maximum atomic E-state index is 11.0. The lowest BCUT2D eigenvalue weighted by molar-refractivity contribution is -0.142. The first-order valence-electron chi connectivity index (χ1n) is 6.70. The van der Waals surface area contributed by atoms with Gasteiger partial charge in [0.2, 0.25) is 0 Å². The Morgan fingerprint density at radius 1 is 0.857 bits per heavy atom. The van der Waals surface area contributed by atoms with Gasteiger partial charge in [0.25, 0.3) is 0 Å². The second-order valence-corrected chi connectivity index (χ2v) is 4.08. The number of rotatable bonds is 13. The second-order valence-electron chi connectivity index (χ2n) is 4.08. The van der Waals surface area contributed by atoms with Gasteiger partial charge in [-0.2, -0.15) is 0 Å². The van der Waals surface area contributed by atoms with Gasteiger partial charge in [-0.3, -0.25) is 4.79 Å². The maximum absolute atomic E-state index is 11.0. The van der Waals surface area contributed by atoms with Crippen LogP contribution in [0.15, 0.2) is 12.2 Å². The van der Waals surface area contributed by atoms with Gasteiger partial charge < -0.3 is 23.7 Å². The van der Waals surface area contributed by atoms with Crippen LogP contribution < -0.4 is 0 Å². The summed E-state index contributed by atoms with van der Waals surface area (Å²) in [5.74, 6) is -0.712. The van der Waals surface area contributed by atoms with Crippen molar-refractivity contribution in [3.05, 3.63) is 12.2 Å². The molecule has 0 fully saturated rings. The summed E-state index contributed by atoms with van der Waals surface area (Å²) in [5.41, 5.74) is 0.366. The molecule has 0 heterocycles. The molecule has 0 aromatic heterocycles. The van der Waals surface area contributed by atoms with E-state index in [0.717, 1.165) is 0 Å². The van der Waals surface area contributed by atoms with E-state index >= 15 is 0 Å². The molecular weight excluding hydrogens is 280 g/mol. The molecule has 0 aromatic rings. The summed E-state index contributed by atoms with van der Waals surface area (Å²) in [4.78, 5) is 21.8. The lowest BCUT2D eigenvalue weighted by Crippen LogP contribution is -2.14. The van der Waals surface area contributed by atoms with Gasteiger partial charge in [0.05, 0.1) is 53.2 Å². The summed E-state index contributed by atoms with van der Waals surface area (Å²) in [7, 11) is 1.34. The Kier molecular flexibility index (Phi) is 12.6. The highest BCUT2D eigenvalue weighted by molar-refractivity contribution is 5.86. The summed E-state index contributed by atoms with van der Waals surface area (Å²) < 4.78 is 24.9. The highest BCUT2D eigenvalue weighted by Gasteiger charge is 2.02. The van der Waals surface area contributed by atoms with Crippen molar-refractivity contribution in [3.8, 4) is 0 Å². The quantitative estimate of drug-likeness (QED) is 0.282. The minimum Gasteiger partial charge on any atom is -0.469 e. The van der Waals surface area contributed by atoms with E-state index in [1.807, 2.05) is 0 Å². The SMILES string of the molecule is C=C(C)C(=O)OCCOCCOCCOCCC(=O)OC. The van der Waals surface area contributed by atoms with Crippen LogP contribution in [0.4, 0.5) is 0 Å². The molecule has 0 rings (SSSR count). The molecule has 0 aliphatic rings. The summed E-state index contributed by atoms with van der Waals surface area (Å²) in [5, 5.41) is 0. The number of esters is 2. The molecule has 7 heteroatoms. The van der Waals surface area contributed by atoms with Crippen molar-refractivity contribution in [3.63, 3.8) is 0 Å². The molecule has 0 aliphatic carbocycles. The molecule has 0 spiro atoms. The van der Waals surface area contributed by atoms with E-state index in [0.29, 0.717) is 45.2 Å². The zero-order chi connectivity index (χ0) is 15.9. The van der Waals surface area contributed by atoms with Gasteiger partial charge in [-0.05, 0) is 6.92 Å². The Labute approximate surface area is 125 Å². The molecule has 0 aliphatic heterocycles. The number of hydrogen-bond acceptors (Lipinski definition) is 7. The van der Waals surface area contributed by atoms with Crippen molar-refractivity contribution in [2.45, 2.75) is 13.3 Å². The lowest BCUT2D eigenvalue weighted by Gasteiger charge is -2.07. The Balaban J connectivity index is 3.14. The molecule has 0 bridgehead atoms. The average Bonchev–Trinajstić information content (AvgIpc) is 2.47. The fourth-order valence-corrected chi connectivity index (χ4v) is 1.12. The van der Waals surface area contributed by atoms with Crippen molar-refractivity contribution in [1.82, 2.24) is 0 Å². The molecule has 21 heavy (non-hydrogen) atoms. The fourth-order valence-electron chi connectivity index (χ4n) is 1.12. The molecule has 0 aromatic carbocycles. The highest BCUT2D eigenvalue weighted by atomic mass is 16.6. The molecule has 0 radical (unpaired) electrons. The number of methoxy groups -OCH3 is 1. The van der Waals surface area contributed by atoms with E-state index < -0.39 is 5.97 Å². The first kappa shape index (κ1) is 19.6. The zero-order valence-corrected chi connectivity index (χ0v) is 12.7. The first-order chi connectivity index (χ1) is 10.1. The van der Waals surface area contributed by atoms with Crippen LogP contribution in [0.3, 0.4) is 0 Å². The van der Waals surface area contributed by atoms with Crippen molar-refractivity contribution >= 4 is 11.9 Å². The van der Waals surface area contributed by atoms with Gasteiger partial charge in [-0.25, -0.2) is 4.79 Å². The topological polar surface area (TPSA) is 80.3 Å². The van der Waals surface area contributed by atoms with Crippen LogP contribution in [0, 0.1) is 0 Å². The summed E-state index contributed by atoms with van der Waals surface area (Å²) in [6.45, 7) is 7.56. The zero-order valence-electron chi connectivity index (χ0n) is 12.7. The van der Waals surface area contributed by atoms with E-state index in [1.165, 1.54) is 7.11 Å². The number of ether oxygens (including phenoxy) is 5. The van der Waals surface area contributed by atoms with Crippen LogP contribution in [0.2, 0.25) is 0 Å². The average molecular weight is 304 g/mol. The predicted octanol–water partition coefficient (Wildman–Crippen LogP) is 0.719. The maximum Gasteiger partial charge on any atom is 0.333 e. The third-order valence-electron chi connectivity index (χ3n) is 2.23. The second kappa shape index (κ2) is 13.5. The molecule has 0 atom stereocenters. The number of hydrogen-bond donors (Lipinski definition) is 0. The molecule has 122 valence electrons.